The molecule has 0 aliphatic heterocycles. The lowest BCUT2D eigenvalue weighted by Gasteiger charge is -2.41. The second kappa shape index (κ2) is 35.6. The number of hydrogen-bond acceptors (Lipinski definition) is 12. The van der Waals surface area contributed by atoms with Crippen molar-refractivity contribution in [1.82, 2.24) is 0 Å². The molecular formula is C45H81O13P. The van der Waals surface area contributed by atoms with Gasteiger partial charge in [0.2, 0.25) is 0 Å². The summed E-state index contributed by atoms with van der Waals surface area (Å²) in [5, 5.41) is 50.1. The molecule has 0 radical (unpaired) electrons. The van der Waals surface area contributed by atoms with Crippen LogP contribution in [0.2, 0.25) is 0 Å². The van der Waals surface area contributed by atoms with E-state index in [4.69, 9.17) is 18.5 Å². The van der Waals surface area contributed by atoms with E-state index in [0.717, 1.165) is 83.5 Å². The van der Waals surface area contributed by atoms with Crippen LogP contribution >= 0.6 is 7.82 Å². The smallest absolute Gasteiger partial charge is 0.462 e. The highest BCUT2D eigenvalue weighted by Crippen LogP contribution is 2.47. The summed E-state index contributed by atoms with van der Waals surface area (Å²) in [5.74, 6) is -1.12. The molecule has 14 heteroatoms. The van der Waals surface area contributed by atoms with E-state index < -0.39 is 75.7 Å². The van der Waals surface area contributed by atoms with Gasteiger partial charge in [0, 0.05) is 12.8 Å². The minimum Gasteiger partial charge on any atom is -0.462 e. The molecule has 0 bridgehead atoms. The Balaban J connectivity index is 2.46. The summed E-state index contributed by atoms with van der Waals surface area (Å²) in [4.78, 5) is 35.6. The Morgan fingerprint density at radius 2 is 0.949 bits per heavy atom. The fourth-order valence-corrected chi connectivity index (χ4v) is 7.70. The number of carbonyl (C=O) groups is 2. The number of ether oxygens (including phenoxy) is 2. The summed E-state index contributed by atoms with van der Waals surface area (Å²) in [5.41, 5.74) is 0. The van der Waals surface area contributed by atoms with Crippen molar-refractivity contribution >= 4 is 19.8 Å². The summed E-state index contributed by atoms with van der Waals surface area (Å²) in [6, 6.07) is 0. The molecule has 0 spiro atoms. The molecule has 6 N–H and O–H groups in total. The minimum atomic E-state index is -5.12. The van der Waals surface area contributed by atoms with Crippen LogP contribution in [0.1, 0.15) is 181 Å². The van der Waals surface area contributed by atoms with Crippen LogP contribution in [-0.2, 0) is 32.7 Å². The highest BCUT2D eigenvalue weighted by Gasteiger charge is 2.51. The van der Waals surface area contributed by atoms with Gasteiger partial charge >= 0.3 is 19.8 Å². The fourth-order valence-electron chi connectivity index (χ4n) is 6.73. The first-order valence-electron chi connectivity index (χ1n) is 22.8. The molecule has 0 heterocycles. The van der Waals surface area contributed by atoms with E-state index in [1.54, 1.807) is 0 Å². The van der Waals surface area contributed by atoms with Crippen molar-refractivity contribution < 1.29 is 63.1 Å². The molecule has 1 saturated carbocycles. The van der Waals surface area contributed by atoms with Crippen molar-refractivity contribution in [3.63, 3.8) is 0 Å². The predicted molar refractivity (Wildman–Crippen MR) is 230 cm³/mol. The van der Waals surface area contributed by atoms with Gasteiger partial charge in [-0.1, -0.05) is 140 Å². The molecule has 1 fully saturated rings. The molecular weight excluding hydrogens is 779 g/mol. The largest absolute Gasteiger partial charge is 0.472 e. The SMILES string of the molecule is CCC/C=C\C/C=C\CCCCCCCC(=O)OC(COC(=O)CCCCCCCCC/C=C\CCCCCCCC)COP(=O)(O)OC1C(O)C(O)C(O)C(O)C1O. The lowest BCUT2D eigenvalue weighted by molar-refractivity contribution is -0.220. The van der Waals surface area contributed by atoms with Gasteiger partial charge in [0.05, 0.1) is 6.61 Å². The summed E-state index contributed by atoms with van der Waals surface area (Å²) < 4.78 is 33.5. The standard InChI is InChI=1S/C45H81O13P/c1-3-5-7-9-11-13-15-17-18-19-20-22-23-25-27-29-31-33-38(46)55-35-37(36-56-59(53,54)58-45-43(51)41(49)40(48)42(50)44(45)52)57-39(47)34-32-30-28-26-24-21-16-14-12-10-8-6-4-2/h8,10,14,16-18,37,40-45,48-52H,3-7,9,11-13,15,19-36H2,1-2H3,(H,53,54)/b10-8-,16-14-,18-17-. The summed E-state index contributed by atoms with van der Waals surface area (Å²) >= 11 is 0. The number of phosphoric ester groups is 1. The van der Waals surface area contributed by atoms with E-state index in [9.17, 15) is 44.6 Å². The third-order valence-corrected chi connectivity index (χ3v) is 11.4. The topological polar surface area (TPSA) is 210 Å². The Kier molecular flexibility index (Phi) is 33.3. The maximum Gasteiger partial charge on any atom is 0.472 e. The maximum atomic E-state index is 12.8. The molecule has 6 unspecified atom stereocenters. The molecule has 1 aliphatic carbocycles. The molecule has 344 valence electrons. The molecule has 0 amide bonds. The predicted octanol–water partition coefficient (Wildman–Crippen LogP) is 8.61. The van der Waals surface area contributed by atoms with Crippen molar-refractivity contribution in [2.75, 3.05) is 13.2 Å². The molecule has 6 atom stereocenters. The van der Waals surface area contributed by atoms with E-state index in [2.05, 4.69) is 50.3 Å². The number of aliphatic hydroxyl groups is 5. The first kappa shape index (κ1) is 55.1. The molecule has 0 aromatic carbocycles. The quantitative estimate of drug-likeness (QED) is 0.0150. The normalized spacial score (nSPS) is 22.6. The fraction of sp³-hybridized carbons (Fsp3) is 0.822. The maximum absolute atomic E-state index is 12.8. The van der Waals surface area contributed by atoms with Crippen LogP contribution in [-0.4, -0.2) is 98.3 Å². The van der Waals surface area contributed by atoms with E-state index >= 15 is 0 Å². The first-order valence-corrected chi connectivity index (χ1v) is 24.3. The number of carbonyl (C=O) groups excluding carboxylic acids is 2. The summed E-state index contributed by atoms with van der Waals surface area (Å²) in [6.45, 7) is 3.21. The molecule has 59 heavy (non-hydrogen) atoms. The number of rotatable bonds is 37. The van der Waals surface area contributed by atoms with Crippen molar-refractivity contribution in [2.24, 2.45) is 0 Å². The van der Waals surface area contributed by atoms with Crippen LogP contribution in [0.25, 0.3) is 0 Å². The highest BCUT2D eigenvalue weighted by atomic mass is 31.2. The summed E-state index contributed by atoms with van der Waals surface area (Å²) in [6.07, 6.45) is 26.3. The van der Waals surface area contributed by atoms with E-state index in [1.165, 1.54) is 57.8 Å². The van der Waals surface area contributed by atoms with Gasteiger partial charge in [-0.15, -0.1) is 0 Å². The van der Waals surface area contributed by atoms with E-state index in [1.807, 2.05) is 0 Å². The average molecular weight is 861 g/mol. The molecule has 0 aromatic heterocycles. The second-order valence-electron chi connectivity index (χ2n) is 15.9. The third-order valence-electron chi connectivity index (χ3n) is 10.4. The van der Waals surface area contributed by atoms with Crippen LogP contribution in [0.15, 0.2) is 36.5 Å². The molecule has 1 rings (SSSR count). The number of aliphatic hydroxyl groups excluding tert-OH is 5. The van der Waals surface area contributed by atoms with Crippen molar-refractivity contribution in [3.05, 3.63) is 36.5 Å². The Morgan fingerprint density at radius 3 is 1.46 bits per heavy atom. The Morgan fingerprint density at radius 1 is 0.525 bits per heavy atom. The van der Waals surface area contributed by atoms with Crippen LogP contribution in [0.3, 0.4) is 0 Å². The van der Waals surface area contributed by atoms with Gasteiger partial charge in [0.15, 0.2) is 6.10 Å². The van der Waals surface area contributed by atoms with Gasteiger partial charge in [-0.25, -0.2) is 4.57 Å². The Labute approximate surface area is 355 Å². The van der Waals surface area contributed by atoms with Gasteiger partial charge in [-0.2, -0.15) is 0 Å². The van der Waals surface area contributed by atoms with Crippen molar-refractivity contribution in [2.45, 2.75) is 224 Å². The van der Waals surface area contributed by atoms with Gasteiger partial charge in [-0.3, -0.25) is 18.6 Å². The minimum absolute atomic E-state index is 0.0796. The Bertz CT molecular complexity index is 1180. The average Bonchev–Trinajstić information content (AvgIpc) is 3.21. The Hall–Kier alpha value is -1.93. The zero-order valence-electron chi connectivity index (χ0n) is 36.3. The monoisotopic (exact) mass is 861 g/mol. The summed E-state index contributed by atoms with van der Waals surface area (Å²) in [7, 11) is -5.12. The van der Waals surface area contributed by atoms with Gasteiger partial charge in [0.25, 0.3) is 0 Å². The van der Waals surface area contributed by atoms with Gasteiger partial charge < -0.3 is 39.9 Å². The lowest BCUT2D eigenvalue weighted by atomic mass is 9.85. The number of hydrogen-bond donors (Lipinski definition) is 6. The van der Waals surface area contributed by atoms with Gasteiger partial charge in [0.1, 0.15) is 43.2 Å². The molecule has 0 saturated heterocycles. The highest BCUT2D eigenvalue weighted by molar-refractivity contribution is 7.47. The van der Waals surface area contributed by atoms with Crippen molar-refractivity contribution in [1.29, 1.82) is 0 Å². The molecule has 0 aromatic rings. The zero-order valence-corrected chi connectivity index (χ0v) is 37.2. The lowest BCUT2D eigenvalue weighted by Crippen LogP contribution is -2.64. The second-order valence-corrected chi connectivity index (χ2v) is 17.3. The number of esters is 2. The number of allylic oxidation sites excluding steroid dienone is 6. The molecule has 13 nitrogen and oxygen atoms in total. The number of unbranched alkanes of at least 4 members (excludes halogenated alkanes) is 19. The third kappa shape index (κ3) is 28.3. The first-order chi connectivity index (χ1) is 28.4. The van der Waals surface area contributed by atoms with Crippen LogP contribution < -0.4 is 0 Å². The van der Waals surface area contributed by atoms with E-state index in [0.29, 0.717) is 12.8 Å². The van der Waals surface area contributed by atoms with Crippen LogP contribution in [0.4, 0.5) is 0 Å². The zero-order chi connectivity index (χ0) is 43.6. The van der Waals surface area contributed by atoms with Crippen molar-refractivity contribution in [3.8, 4) is 0 Å². The van der Waals surface area contributed by atoms with Gasteiger partial charge in [-0.05, 0) is 64.2 Å². The number of phosphoric acid groups is 1. The van der Waals surface area contributed by atoms with Crippen LogP contribution in [0.5, 0.6) is 0 Å². The molecule has 1 aliphatic rings. The van der Waals surface area contributed by atoms with E-state index in [-0.39, 0.29) is 12.8 Å². The van der Waals surface area contributed by atoms with Crippen LogP contribution in [0, 0.1) is 0 Å².